The molecular formula is C28H38N2O8S. The molecule has 0 bridgehead atoms. The van der Waals surface area contributed by atoms with E-state index in [1.165, 1.54) is 12.1 Å². The second-order valence-corrected chi connectivity index (χ2v) is 12.6. The molecule has 1 aliphatic heterocycles. The van der Waals surface area contributed by atoms with E-state index in [-0.39, 0.29) is 17.4 Å². The van der Waals surface area contributed by atoms with Gasteiger partial charge in [0.15, 0.2) is 11.5 Å². The Hall–Kier alpha value is -2.86. The van der Waals surface area contributed by atoms with Crippen molar-refractivity contribution in [2.24, 2.45) is 0 Å². The Kier molecular flexibility index (Phi) is 9.37. The number of ether oxygens (including phenoxy) is 3. The first-order valence-electron chi connectivity index (χ1n) is 13.3. The maximum absolute atomic E-state index is 13.8. The Bertz CT molecular complexity index is 1210. The van der Waals surface area contributed by atoms with Crippen LogP contribution in [-0.2, 0) is 26.0 Å². The molecule has 1 heterocycles. The Balaban J connectivity index is 1.59. The van der Waals surface area contributed by atoms with E-state index < -0.39 is 40.4 Å². The van der Waals surface area contributed by atoms with Crippen molar-refractivity contribution in [2.75, 3.05) is 19.8 Å². The SMILES string of the molecule is CC(C)(C)OC(=O)NC(Cc1ccccc1)[C@H](O)CN(OC1CCCC1)S(=O)(=O)c1ccc2c(c1)OCCO2. The number of carbonyl (C=O) groups is 1. The Labute approximate surface area is 230 Å². The number of aliphatic hydroxyl groups excluding tert-OH is 1. The van der Waals surface area contributed by atoms with Crippen LogP contribution in [-0.4, -0.2) is 67.7 Å². The quantitative estimate of drug-likeness (QED) is 0.419. The molecule has 0 spiro atoms. The third-order valence-electron chi connectivity index (χ3n) is 6.45. The molecule has 0 saturated heterocycles. The summed E-state index contributed by atoms with van der Waals surface area (Å²) in [6.45, 7) is 5.52. The fourth-order valence-corrected chi connectivity index (χ4v) is 5.86. The standard InChI is InChI=1S/C28H38N2O8S/c1-28(2,3)37-27(32)29-23(17-20-9-5-4-6-10-20)24(31)19-30(38-21-11-7-8-12-21)39(33,34)22-13-14-25-26(18-22)36-16-15-35-25/h4-6,9-10,13-14,18,21,23-24,31H,7-8,11-12,15-17,19H2,1-3H3,(H,29,32)/t23?,24-/m1/s1. The van der Waals surface area contributed by atoms with E-state index in [1.807, 2.05) is 30.3 Å². The molecule has 2 atom stereocenters. The normalized spacial score (nSPS) is 17.6. The van der Waals surface area contributed by atoms with Gasteiger partial charge in [0.05, 0.1) is 29.7 Å². The molecular weight excluding hydrogens is 524 g/mol. The summed E-state index contributed by atoms with van der Waals surface area (Å²) in [5.74, 6) is 0.796. The van der Waals surface area contributed by atoms with Crippen molar-refractivity contribution in [2.45, 2.75) is 81.6 Å². The van der Waals surface area contributed by atoms with Gasteiger partial charge in [-0.1, -0.05) is 47.6 Å². The zero-order valence-electron chi connectivity index (χ0n) is 22.7. The molecule has 1 aliphatic carbocycles. The lowest BCUT2D eigenvalue weighted by Gasteiger charge is -2.31. The fraction of sp³-hybridized carbons (Fsp3) is 0.536. The number of nitrogens with zero attached hydrogens (tertiary/aromatic N) is 1. The van der Waals surface area contributed by atoms with E-state index in [2.05, 4.69) is 5.32 Å². The van der Waals surface area contributed by atoms with Gasteiger partial charge < -0.3 is 24.6 Å². The van der Waals surface area contributed by atoms with Crippen LogP contribution in [0.5, 0.6) is 11.5 Å². The van der Waals surface area contributed by atoms with Crippen molar-refractivity contribution in [3.8, 4) is 11.5 Å². The van der Waals surface area contributed by atoms with Crippen LogP contribution in [0.15, 0.2) is 53.4 Å². The van der Waals surface area contributed by atoms with Gasteiger partial charge in [0.1, 0.15) is 18.8 Å². The zero-order valence-corrected chi connectivity index (χ0v) is 23.5. The van der Waals surface area contributed by atoms with Crippen LogP contribution in [0.25, 0.3) is 0 Å². The van der Waals surface area contributed by atoms with E-state index in [4.69, 9.17) is 19.0 Å². The maximum Gasteiger partial charge on any atom is 0.407 e. The van der Waals surface area contributed by atoms with Crippen molar-refractivity contribution in [1.29, 1.82) is 0 Å². The summed E-state index contributed by atoms with van der Waals surface area (Å²) in [7, 11) is -4.21. The Morgan fingerprint density at radius 3 is 2.41 bits per heavy atom. The summed E-state index contributed by atoms with van der Waals surface area (Å²) in [6, 6.07) is 12.9. The van der Waals surface area contributed by atoms with Gasteiger partial charge in [-0.15, -0.1) is 0 Å². The number of hydrogen-bond acceptors (Lipinski definition) is 8. The Morgan fingerprint density at radius 1 is 1.08 bits per heavy atom. The van der Waals surface area contributed by atoms with Gasteiger partial charge in [0.25, 0.3) is 10.0 Å². The molecule has 2 aromatic rings. The molecule has 0 radical (unpaired) electrons. The number of sulfonamides is 1. The van der Waals surface area contributed by atoms with E-state index in [0.29, 0.717) is 37.6 Å². The first-order valence-corrected chi connectivity index (χ1v) is 14.8. The zero-order chi connectivity index (χ0) is 28.0. The Morgan fingerprint density at radius 2 is 1.74 bits per heavy atom. The van der Waals surface area contributed by atoms with E-state index >= 15 is 0 Å². The minimum atomic E-state index is -4.21. The summed E-state index contributed by atoms with van der Waals surface area (Å²) < 4.78 is 45.0. The summed E-state index contributed by atoms with van der Waals surface area (Å²) in [4.78, 5) is 18.6. The van der Waals surface area contributed by atoms with Crippen molar-refractivity contribution in [3.05, 3.63) is 54.1 Å². The van der Waals surface area contributed by atoms with Crippen molar-refractivity contribution in [3.63, 3.8) is 0 Å². The van der Waals surface area contributed by atoms with Gasteiger partial charge in [-0.3, -0.25) is 4.84 Å². The van der Waals surface area contributed by atoms with Crippen LogP contribution >= 0.6 is 0 Å². The highest BCUT2D eigenvalue weighted by Gasteiger charge is 2.35. The monoisotopic (exact) mass is 562 g/mol. The van der Waals surface area contributed by atoms with Crippen LogP contribution in [0.2, 0.25) is 0 Å². The molecule has 1 fully saturated rings. The molecule has 1 unspecified atom stereocenters. The number of benzene rings is 2. The predicted octanol–water partition coefficient (Wildman–Crippen LogP) is 3.82. The van der Waals surface area contributed by atoms with Gasteiger partial charge in [-0.25, -0.2) is 13.2 Å². The van der Waals surface area contributed by atoms with Crippen LogP contribution in [0.4, 0.5) is 4.79 Å². The number of carbonyl (C=O) groups excluding carboxylic acids is 1. The number of aliphatic hydroxyl groups is 1. The molecule has 2 N–H and O–H groups in total. The molecule has 214 valence electrons. The average molecular weight is 563 g/mol. The number of alkyl carbamates (subject to hydrolysis) is 1. The van der Waals surface area contributed by atoms with Gasteiger partial charge in [0, 0.05) is 6.07 Å². The first-order chi connectivity index (χ1) is 18.5. The molecule has 11 heteroatoms. The predicted molar refractivity (Wildman–Crippen MR) is 144 cm³/mol. The van der Waals surface area contributed by atoms with E-state index in [9.17, 15) is 18.3 Å². The van der Waals surface area contributed by atoms with Gasteiger partial charge >= 0.3 is 6.09 Å². The molecule has 4 rings (SSSR count). The first kappa shape index (κ1) is 29.1. The minimum absolute atomic E-state index is 0.0448. The number of hydrogen-bond donors (Lipinski definition) is 2. The highest BCUT2D eigenvalue weighted by Crippen LogP contribution is 2.34. The number of rotatable bonds is 10. The van der Waals surface area contributed by atoms with E-state index in [0.717, 1.165) is 22.9 Å². The molecule has 2 aliphatic rings. The second-order valence-electron chi connectivity index (χ2n) is 10.8. The molecule has 2 aromatic carbocycles. The molecule has 39 heavy (non-hydrogen) atoms. The summed E-state index contributed by atoms with van der Waals surface area (Å²) in [6.07, 6.45) is 1.23. The summed E-state index contributed by atoms with van der Waals surface area (Å²) >= 11 is 0. The summed E-state index contributed by atoms with van der Waals surface area (Å²) in [5.41, 5.74) is 0.112. The lowest BCUT2D eigenvalue weighted by atomic mass is 10.0. The second kappa shape index (κ2) is 12.5. The largest absolute Gasteiger partial charge is 0.486 e. The minimum Gasteiger partial charge on any atom is -0.486 e. The third kappa shape index (κ3) is 8.07. The smallest absolute Gasteiger partial charge is 0.407 e. The highest BCUT2D eigenvalue weighted by molar-refractivity contribution is 7.89. The van der Waals surface area contributed by atoms with Gasteiger partial charge in [-0.2, -0.15) is 0 Å². The average Bonchev–Trinajstić information content (AvgIpc) is 3.40. The van der Waals surface area contributed by atoms with Crippen LogP contribution in [0.3, 0.4) is 0 Å². The molecule has 1 amide bonds. The van der Waals surface area contributed by atoms with Crippen molar-refractivity contribution >= 4 is 16.1 Å². The lowest BCUT2D eigenvalue weighted by Crippen LogP contribution is -2.51. The number of hydroxylamine groups is 1. The van der Waals surface area contributed by atoms with Crippen LogP contribution in [0, 0.1) is 0 Å². The van der Waals surface area contributed by atoms with E-state index in [1.54, 1.807) is 26.8 Å². The van der Waals surface area contributed by atoms with Gasteiger partial charge in [-0.05, 0) is 57.7 Å². The van der Waals surface area contributed by atoms with Crippen LogP contribution in [0.1, 0.15) is 52.0 Å². The highest BCUT2D eigenvalue weighted by atomic mass is 32.2. The molecule has 0 aromatic heterocycles. The van der Waals surface area contributed by atoms with Gasteiger partial charge in [0.2, 0.25) is 0 Å². The van der Waals surface area contributed by atoms with Crippen molar-refractivity contribution < 1.29 is 37.4 Å². The maximum atomic E-state index is 13.8. The lowest BCUT2D eigenvalue weighted by molar-refractivity contribution is -0.145. The molecule has 1 saturated carbocycles. The topological polar surface area (TPSA) is 124 Å². The van der Waals surface area contributed by atoms with Crippen molar-refractivity contribution in [1.82, 2.24) is 9.79 Å². The number of fused-ring (bicyclic) bond motifs is 1. The number of nitrogens with one attached hydrogen (secondary N) is 1. The fourth-order valence-electron chi connectivity index (χ4n) is 4.55. The number of amides is 1. The summed E-state index contributed by atoms with van der Waals surface area (Å²) in [5, 5.41) is 14.1. The van der Waals surface area contributed by atoms with Crippen LogP contribution < -0.4 is 14.8 Å². The third-order valence-corrected chi connectivity index (χ3v) is 8.07. The molecule has 10 nitrogen and oxygen atoms in total.